The highest BCUT2D eigenvalue weighted by atomic mass is 79.9. The molecule has 1 aromatic carbocycles. The lowest BCUT2D eigenvalue weighted by molar-refractivity contribution is -0.118. The Labute approximate surface area is 122 Å². The number of hydrogen-bond acceptors (Lipinski definition) is 3. The van der Waals surface area contributed by atoms with Gasteiger partial charge in [-0.05, 0) is 40.9 Å². The number of aromatic nitrogens is 1. The van der Waals surface area contributed by atoms with E-state index in [0.29, 0.717) is 6.42 Å². The standard InChI is InChI=1S/C13H11BrN2O2S/c1-6-8(5-10-12(17)16-13(18)19-10)7-3-2-4-9(14)11(7)15-6/h2-4,10,15H,5H2,1H3,(H,16,17,18). The van der Waals surface area contributed by atoms with Gasteiger partial charge in [-0.2, -0.15) is 0 Å². The number of imide groups is 1. The molecule has 2 aromatic rings. The highest BCUT2D eigenvalue weighted by Gasteiger charge is 2.32. The van der Waals surface area contributed by atoms with Crippen LogP contribution in [-0.2, 0) is 11.2 Å². The molecule has 0 aliphatic carbocycles. The van der Waals surface area contributed by atoms with Gasteiger partial charge < -0.3 is 4.98 Å². The zero-order valence-corrected chi connectivity index (χ0v) is 12.5. The van der Waals surface area contributed by atoms with Gasteiger partial charge in [-0.3, -0.25) is 14.9 Å². The summed E-state index contributed by atoms with van der Waals surface area (Å²) in [5.74, 6) is -0.196. The van der Waals surface area contributed by atoms with E-state index in [4.69, 9.17) is 0 Å². The summed E-state index contributed by atoms with van der Waals surface area (Å²) < 4.78 is 0.999. The topological polar surface area (TPSA) is 62.0 Å². The number of fused-ring (bicyclic) bond motifs is 1. The molecule has 98 valence electrons. The van der Waals surface area contributed by atoms with E-state index in [1.54, 1.807) is 0 Å². The molecular formula is C13H11BrN2O2S. The van der Waals surface area contributed by atoms with Crippen molar-refractivity contribution in [3.63, 3.8) is 0 Å². The average Bonchev–Trinajstić information content (AvgIpc) is 2.83. The fourth-order valence-electron chi connectivity index (χ4n) is 2.34. The van der Waals surface area contributed by atoms with Crippen LogP contribution in [0.25, 0.3) is 10.9 Å². The van der Waals surface area contributed by atoms with Gasteiger partial charge in [0.15, 0.2) is 0 Å². The minimum absolute atomic E-state index is 0.196. The molecule has 2 N–H and O–H groups in total. The number of hydrogen-bond donors (Lipinski definition) is 2. The molecule has 0 radical (unpaired) electrons. The lowest BCUT2D eigenvalue weighted by atomic mass is 10.1. The summed E-state index contributed by atoms with van der Waals surface area (Å²) in [5.41, 5.74) is 3.16. The van der Waals surface area contributed by atoms with Crippen LogP contribution in [0.4, 0.5) is 4.79 Å². The molecule has 0 saturated carbocycles. The molecule has 1 unspecified atom stereocenters. The van der Waals surface area contributed by atoms with Gasteiger partial charge in [0, 0.05) is 15.6 Å². The van der Waals surface area contributed by atoms with Gasteiger partial charge in [0.05, 0.1) is 10.8 Å². The molecule has 1 aliphatic rings. The van der Waals surface area contributed by atoms with Crippen LogP contribution in [-0.4, -0.2) is 21.4 Å². The van der Waals surface area contributed by atoms with E-state index in [1.165, 1.54) is 0 Å². The Balaban J connectivity index is 2.01. The number of rotatable bonds is 2. The predicted octanol–water partition coefficient (Wildman–Crippen LogP) is 3.13. The van der Waals surface area contributed by atoms with E-state index in [1.807, 2.05) is 25.1 Å². The first-order chi connectivity index (χ1) is 9.06. The fraction of sp³-hybridized carbons (Fsp3) is 0.231. The molecule has 1 fully saturated rings. The Hall–Kier alpha value is -1.27. The highest BCUT2D eigenvalue weighted by Crippen LogP contribution is 2.32. The number of thioether (sulfide) groups is 1. The van der Waals surface area contributed by atoms with Gasteiger partial charge in [0.2, 0.25) is 5.91 Å². The van der Waals surface area contributed by atoms with E-state index < -0.39 is 0 Å². The van der Waals surface area contributed by atoms with Crippen LogP contribution in [0, 0.1) is 6.92 Å². The van der Waals surface area contributed by atoms with Gasteiger partial charge >= 0.3 is 0 Å². The number of nitrogens with one attached hydrogen (secondary N) is 2. The molecule has 1 saturated heterocycles. The number of benzene rings is 1. The molecule has 1 aliphatic heterocycles. The molecule has 0 spiro atoms. The normalized spacial score (nSPS) is 19.2. The summed E-state index contributed by atoms with van der Waals surface area (Å²) >= 11 is 4.58. The zero-order valence-electron chi connectivity index (χ0n) is 10.1. The Kier molecular flexibility index (Phi) is 3.14. The van der Waals surface area contributed by atoms with Crippen molar-refractivity contribution in [3.05, 3.63) is 33.9 Å². The number of carbonyl (C=O) groups excluding carboxylic acids is 2. The van der Waals surface area contributed by atoms with E-state index in [9.17, 15) is 9.59 Å². The number of aryl methyl sites for hydroxylation is 1. The van der Waals surface area contributed by atoms with E-state index >= 15 is 0 Å². The summed E-state index contributed by atoms with van der Waals surface area (Å²) in [7, 11) is 0. The third-order valence-corrected chi connectivity index (χ3v) is 4.90. The molecule has 1 atom stereocenters. The molecule has 2 heterocycles. The van der Waals surface area contributed by atoms with Crippen molar-refractivity contribution in [2.75, 3.05) is 0 Å². The van der Waals surface area contributed by atoms with Crippen molar-refractivity contribution >= 4 is 49.7 Å². The molecule has 6 heteroatoms. The molecule has 0 bridgehead atoms. The molecule has 3 rings (SSSR count). The minimum Gasteiger partial charge on any atom is -0.357 e. The number of para-hydroxylation sites is 1. The minimum atomic E-state index is -0.329. The molecule has 1 aromatic heterocycles. The lowest BCUT2D eigenvalue weighted by Crippen LogP contribution is -2.25. The van der Waals surface area contributed by atoms with Gasteiger partial charge in [0.1, 0.15) is 0 Å². The van der Waals surface area contributed by atoms with E-state index in [0.717, 1.165) is 38.4 Å². The van der Waals surface area contributed by atoms with Gasteiger partial charge in [0.25, 0.3) is 5.24 Å². The zero-order chi connectivity index (χ0) is 13.6. The summed E-state index contributed by atoms with van der Waals surface area (Å²) in [6, 6.07) is 5.97. The Morgan fingerprint density at radius 2 is 2.16 bits per heavy atom. The predicted molar refractivity (Wildman–Crippen MR) is 79.4 cm³/mol. The molecule has 4 nitrogen and oxygen atoms in total. The smallest absolute Gasteiger partial charge is 0.286 e. The second-order valence-corrected chi connectivity index (χ2v) is 6.51. The second kappa shape index (κ2) is 4.68. The molecular weight excluding hydrogens is 328 g/mol. The van der Waals surface area contributed by atoms with Crippen LogP contribution in [0.1, 0.15) is 11.3 Å². The first kappa shape index (κ1) is 12.7. The largest absolute Gasteiger partial charge is 0.357 e. The van der Waals surface area contributed by atoms with Crippen molar-refractivity contribution in [2.45, 2.75) is 18.6 Å². The summed E-state index contributed by atoms with van der Waals surface area (Å²) in [5, 5.41) is 2.84. The number of carbonyl (C=O) groups is 2. The Bertz CT molecular complexity index is 695. The average molecular weight is 339 g/mol. The SMILES string of the molecule is Cc1[nH]c2c(Br)cccc2c1CC1SC(=O)NC1=O. The lowest BCUT2D eigenvalue weighted by Gasteiger charge is -2.05. The van der Waals surface area contributed by atoms with Gasteiger partial charge in [-0.1, -0.05) is 23.9 Å². The van der Waals surface area contributed by atoms with Crippen LogP contribution in [0.3, 0.4) is 0 Å². The first-order valence-electron chi connectivity index (χ1n) is 5.83. The van der Waals surface area contributed by atoms with Gasteiger partial charge in [-0.25, -0.2) is 0 Å². The monoisotopic (exact) mass is 338 g/mol. The van der Waals surface area contributed by atoms with Crippen LogP contribution in [0.15, 0.2) is 22.7 Å². The first-order valence-corrected chi connectivity index (χ1v) is 7.50. The fourth-order valence-corrected chi connectivity index (χ4v) is 3.64. The number of H-pyrrole nitrogens is 1. The Morgan fingerprint density at radius 3 is 2.84 bits per heavy atom. The van der Waals surface area contributed by atoms with Crippen molar-refractivity contribution in [1.29, 1.82) is 0 Å². The van der Waals surface area contributed by atoms with Crippen LogP contribution < -0.4 is 5.32 Å². The number of amides is 2. The maximum atomic E-state index is 11.7. The van der Waals surface area contributed by atoms with Crippen LogP contribution in [0.5, 0.6) is 0 Å². The maximum Gasteiger partial charge on any atom is 0.286 e. The van der Waals surface area contributed by atoms with Crippen LogP contribution in [0.2, 0.25) is 0 Å². The second-order valence-electron chi connectivity index (χ2n) is 4.48. The van der Waals surface area contributed by atoms with Crippen molar-refractivity contribution < 1.29 is 9.59 Å². The van der Waals surface area contributed by atoms with Crippen molar-refractivity contribution in [3.8, 4) is 0 Å². The third kappa shape index (κ3) is 2.19. The number of halogens is 1. The summed E-state index contributed by atoms with van der Waals surface area (Å²) in [6.07, 6.45) is 0.560. The van der Waals surface area contributed by atoms with Crippen molar-refractivity contribution in [2.24, 2.45) is 0 Å². The number of aromatic amines is 1. The summed E-state index contributed by atoms with van der Waals surface area (Å²) in [6.45, 7) is 1.99. The maximum absolute atomic E-state index is 11.7. The molecule has 19 heavy (non-hydrogen) atoms. The van der Waals surface area contributed by atoms with Gasteiger partial charge in [-0.15, -0.1) is 0 Å². The van der Waals surface area contributed by atoms with Crippen molar-refractivity contribution in [1.82, 2.24) is 10.3 Å². The molecule has 2 amide bonds. The van der Waals surface area contributed by atoms with E-state index in [-0.39, 0.29) is 16.4 Å². The third-order valence-electron chi connectivity index (χ3n) is 3.26. The quantitative estimate of drug-likeness (QED) is 0.884. The summed E-state index contributed by atoms with van der Waals surface area (Å²) in [4.78, 5) is 26.2. The highest BCUT2D eigenvalue weighted by molar-refractivity contribution is 9.10. The van der Waals surface area contributed by atoms with E-state index in [2.05, 4.69) is 26.2 Å². The van der Waals surface area contributed by atoms with Crippen LogP contribution >= 0.6 is 27.7 Å². The Morgan fingerprint density at radius 1 is 1.37 bits per heavy atom.